The van der Waals surface area contributed by atoms with Gasteiger partial charge < -0.3 is 0 Å². The van der Waals surface area contributed by atoms with Gasteiger partial charge in [0.1, 0.15) is 5.82 Å². The maximum Gasteiger partial charge on any atom is 0.266 e. The number of hydrogen-bond acceptors (Lipinski definition) is 0. The molecule has 0 spiro atoms. The fourth-order valence-corrected chi connectivity index (χ4v) is 3.29. The first-order valence-electron chi connectivity index (χ1n) is 8.39. The highest BCUT2D eigenvalue weighted by Gasteiger charge is 2.19. The van der Waals surface area contributed by atoms with Crippen LogP contribution in [-0.4, -0.2) is 6.67 Å². The Morgan fingerprint density at radius 1 is 1.13 bits per heavy atom. The predicted molar refractivity (Wildman–Crippen MR) is 84.9 cm³/mol. The summed E-state index contributed by atoms with van der Waals surface area (Å²) in [5, 5.41) is 0. The Labute approximate surface area is 135 Å². The number of aryl methyl sites for hydroxylation is 1. The molecule has 2 rings (SSSR count). The molecule has 0 unspecified atom stereocenters. The third-order valence-corrected chi connectivity index (χ3v) is 4.72. The van der Waals surface area contributed by atoms with Gasteiger partial charge in [-0.25, -0.2) is 13.2 Å². The van der Waals surface area contributed by atoms with Crippen LogP contribution in [0.25, 0.3) is 0 Å². The van der Waals surface area contributed by atoms with Crippen LogP contribution in [0.5, 0.6) is 0 Å². The van der Waals surface area contributed by atoms with Crippen LogP contribution in [-0.2, 0) is 6.42 Å². The molecule has 1 aromatic carbocycles. The molecule has 0 nitrogen and oxygen atoms in total. The fraction of sp³-hybridized carbons (Fsp3) is 0.579. The van der Waals surface area contributed by atoms with Crippen molar-refractivity contribution in [3.63, 3.8) is 0 Å². The highest BCUT2D eigenvalue weighted by atomic mass is 19.3. The first-order valence-corrected chi connectivity index (χ1v) is 8.39. The average molecular weight is 328 g/mol. The summed E-state index contributed by atoms with van der Waals surface area (Å²) in [5.74, 6) is 0.360. The van der Waals surface area contributed by atoms with Gasteiger partial charge in [0.15, 0.2) is 0 Å². The Morgan fingerprint density at radius 3 is 2.48 bits per heavy atom. The van der Waals surface area contributed by atoms with Gasteiger partial charge in [0.05, 0.1) is 12.2 Å². The van der Waals surface area contributed by atoms with E-state index < -0.39 is 17.8 Å². The summed E-state index contributed by atoms with van der Waals surface area (Å²) in [7, 11) is 0. The monoisotopic (exact) mass is 328 g/mol. The smallest absolute Gasteiger partial charge is 0.251 e. The van der Waals surface area contributed by atoms with Gasteiger partial charge in [-0.05, 0) is 68.4 Å². The van der Waals surface area contributed by atoms with E-state index in [4.69, 9.17) is 0 Å². The van der Waals surface area contributed by atoms with Crippen molar-refractivity contribution in [1.82, 2.24) is 0 Å². The van der Waals surface area contributed by atoms with Crippen molar-refractivity contribution >= 4 is 0 Å². The molecule has 4 heteroatoms. The van der Waals surface area contributed by atoms with Crippen LogP contribution in [0.1, 0.15) is 56.1 Å². The molecule has 0 saturated heterocycles. The molecule has 128 valence electrons. The van der Waals surface area contributed by atoms with Crippen LogP contribution in [0.3, 0.4) is 0 Å². The summed E-state index contributed by atoms with van der Waals surface area (Å²) in [6, 6.07) is 4.05. The molecule has 1 aliphatic carbocycles. The zero-order valence-corrected chi connectivity index (χ0v) is 13.3. The predicted octanol–water partition coefficient (Wildman–Crippen LogP) is 6.42. The molecule has 0 radical (unpaired) electrons. The topological polar surface area (TPSA) is 0 Å². The summed E-state index contributed by atoms with van der Waals surface area (Å²) >= 11 is 0. The van der Waals surface area contributed by atoms with E-state index in [9.17, 15) is 17.6 Å². The molecule has 0 heterocycles. The molecule has 0 aliphatic heterocycles. The third-order valence-electron chi connectivity index (χ3n) is 4.72. The van der Waals surface area contributed by atoms with E-state index in [-0.39, 0.29) is 6.67 Å². The van der Waals surface area contributed by atoms with Crippen molar-refractivity contribution in [2.45, 2.75) is 51.4 Å². The van der Waals surface area contributed by atoms with Crippen molar-refractivity contribution in [2.24, 2.45) is 11.8 Å². The highest BCUT2D eigenvalue weighted by molar-refractivity contribution is 5.25. The summed E-state index contributed by atoms with van der Waals surface area (Å²) in [5.41, 5.74) is 0.270. The van der Waals surface area contributed by atoms with Crippen molar-refractivity contribution in [2.75, 3.05) is 6.67 Å². The zero-order chi connectivity index (χ0) is 16.7. The van der Waals surface area contributed by atoms with Crippen LogP contribution < -0.4 is 0 Å². The lowest BCUT2D eigenvalue weighted by molar-refractivity contribution is 0.146. The van der Waals surface area contributed by atoms with Crippen molar-refractivity contribution in [3.05, 3.63) is 47.3 Å². The number of hydrogen-bond donors (Lipinski definition) is 0. The maximum absolute atomic E-state index is 13.6. The molecule has 0 bridgehead atoms. The van der Waals surface area contributed by atoms with Crippen molar-refractivity contribution in [1.29, 1.82) is 0 Å². The number of halogens is 4. The first kappa shape index (κ1) is 18.0. The first-order chi connectivity index (χ1) is 11.1. The Morgan fingerprint density at radius 2 is 1.87 bits per heavy atom. The minimum atomic E-state index is -2.76. The SMILES string of the molecule is FCC/C=C/C1CCC(CCc2ccc(C(F)F)c(F)c2)CC1. The van der Waals surface area contributed by atoms with Crippen LogP contribution in [0.15, 0.2) is 30.4 Å². The zero-order valence-electron chi connectivity index (χ0n) is 13.3. The molecule has 0 N–H and O–H groups in total. The van der Waals surface area contributed by atoms with E-state index in [1.165, 1.54) is 12.1 Å². The Bertz CT molecular complexity index is 502. The van der Waals surface area contributed by atoms with Gasteiger partial charge in [-0.1, -0.05) is 24.3 Å². The molecule has 23 heavy (non-hydrogen) atoms. The number of allylic oxidation sites excluding steroid dienone is 2. The quantitative estimate of drug-likeness (QED) is 0.400. The summed E-state index contributed by atoms with van der Waals surface area (Å²) < 4.78 is 50.6. The van der Waals surface area contributed by atoms with Gasteiger partial charge in [0, 0.05) is 0 Å². The third kappa shape index (κ3) is 5.67. The fourth-order valence-electron chi connectivity index (χ4n) is 3.29. The van der Waals surface area contributed by atoms with Crippen molar-refractivity contribution in [3.8, 4) is 0 Å². The lowest BCUT2D eigenvalue weighted by atomic mass is 9.79. The van der Waals surface area contributed by atoms with Gasteiger partial charge in [-0.15, -0.1) is 0 Å². The van der Waals surface area contributed by atoms with Crippen LogP contribution in [0, 0.1) is 17.7 Å². The minimum Gasteiger partial charge on any atom is -0.251 e. The minimum absolute atomic E-state index is 0.299. The Hall–Kier alpha value is -1.32. The molecule has 1 aliphatic rings. The van der Waals surface area contributed by atoms with E-state index >= 15 is 0 Å². The molecule has 1 fully saturated rings. The average Bonchev–Trinajstić information content (AvgIpc) is 2.54. The molecule has 0 amide bonds. The van der Waals surface area contributed by atoms with E-state index in [1.54, 1.807) is 6.07 Å². The normalized spacial score (nSPS) is 22.1. The van der Waals surface area contributed by atoms with E-state index in [0.717, 1.165) is 44.1 Å². The van der Waals surface area contributed by atoms with Gasteiger partial charge in [-0.2, -0.15) is 0 Å². The van der Waals surface area contributed by atoms with E-state index in [1.807, 2.05) is 6.08 Å². The van der Waals surface area contributed by atoms with Gasteiger partial charge in [-0.3, -0.25) is 4.39 Å². The standard InChI is InChI=1S/C19H24F4/c20-12-2-1-3-14-4-6-15(7-5-14)8-9-16-10-11-17(19(22)23)18(21)13-16/h1,3,10-11,13-15,19H,2,4-9,12H2/b3-1+. The Kier molecular flexibility index (Phi) is 7.13. The highest BCUT2D eigenvalue weighted by Crippen LogP contribution is 2.32. The van der Waals surface area contributed by atoms with Gasteiger partial charge in [0.2, 0.25) is 0 Å². The second kappa shape index (κ2) is 9.09. The number of rotatable bonds is 7. The number of alkyl halides is 3. The maximum atomic E-state index is 13.6. The van der Waals surface area contributed by atoms with Crippen LogP contribution in [0.4, 0.5) is 17.6 Å². The summed E-state index contributed by atoms with van der Waals surface area (Å²) in [4.78, 5) is 0. The summed E-state index contributed by atoms with van der Waals surface area (Å²) in [6.07, 6.45) is 7.99. The lowest BCUT2D eigenvalue weighted by Crippen LogP contribution is -2.13. The van der Waals surface area contributed by atoms with Crippen LogP contribution >= 0.6 is 0 Å². The molecule has 0 aromatic heterocycles. The molecule has 1 aromatic rings. The van der Waals surface area contributed by atoms with Gasteiger partial charge >= 0.3 is 0 Å². The molecular weight excluding hydrogens is 304 g/mol. The second-order valence-corrected chi connectivity index (χ2v) is 6.38. The van der Waals surface area contributed by atoms with E-state index in [2.05, 4.69) is 6.08 Å². The molecule has 1 saturated carbocycles. The Balaban J connectivity index is 1.76. The molecule has 0 atom stereocenters. The summed E-state index contributed by atoms with van der Waals surface area (Å²) in [6.45, 7) is -0.299. The number of benzene rings is 1. The largest absolute Gasteiger partial charge is 0.266 e. The second-order valence-electron chi connectivity index (χ2n) is 6.38. The lowest BCUT2D eigenvalue weighted by Gasteiger charge is -2.26. The molecular formula is C19H24F4. The van der Waals surface area contributed by atoms with Crippen molar-refractivity contribution < 1.29 is 17.6 Å². The van der Waals surface area contributed by atoms with Crippen LogP contribution in [0.2, 0.25) is 0 Å². The van der Waals surface area contributed by atoms with Gasteiger partial charge in [0.25, 0.3) is 6.43 Å². The van der Waals surface area contributed by atoms with E-state index in [0.29, 0.717) is 18.3 Å².